The van der Waals surface area contributed by atoms with Crippen LogP contribution in [0.3, 0.4) is 0 Å². The molecular formula is C11H27NO6P2. The lowest BCUT2D eigenvalue weighted by molar-refractivity contribution is 0.157. The molecule has 3 unspecified atom stereocenters. The van der Waals surface area contributed by atoms with Crippen molar-refractivity contribution in [2.75, 3.05) is 27.3 Å². The summed E-state index contributed by atoms with van der Waals surface area (Å²) < 4.78 is 40.8. The van der Waals surface area contributed by atoms with Crippen LogP contribution in [0, 0.1) is 0 Å². The van der Waals surface area contributed by atoms with Crippen molar-refractivity contribution >= 4 is 15.2 Å². The molecule has 3 atom stereocenters. The van der Waals surface area contributed by atoms with Crippen LogP contribution in [-0.4, -0.2) is 48.7 Å². The van der Waals surface area contributed by atoms with Crippen LogP contribution in [0.5, 0.6) is 0 Å². The maximum Gasteiger partial charge on any atom is 0.360 e. The Kier molecular flexibility index (Phi) is 8.75. The number of nitrogens with zero attached hydrogens (tertiary/aromatic N) is 1. The SMILES string of the molecule is CCOP(=O)(OCC)C(N(C)C)P(=O)(O)OC(C)CC. The molecule has 0 rings (SSSR count). The van der Waals surface area contributed by atoms with E-state index in [1.807, 2.05) is 6.92 Å². The largest absolute Gasteiger partial charge is 0.360 e. The fourth-order valence-corrected chi connectivity index (χ4v) is 6.65. The monoisotopic (exact) mass is 331 g/mol. The summed E-state index contributed by atoms with van der Waals surface area (Å²) in [7, 11) is -4.91. The molecule has 20 heavy (non-hydrogen) atoms. The molecular weight excluding hydrogens is 304 g/mol. The van der Waals surface area contributed by atoms with E-state index in [0.717, 1.165) is 0 Å². The third-order valence-electron chi connectivity index (χ3n) is 2.56. The highest BCUT2D eigenvalue weighted by molar-refractivity contribution is 7.72. The first-order valence-corrected chi connectivity index (χ1v) is 9.96. The molecule has 1 N–H and O–H groups in total. The second-order valence-corrected chi connectivity index (χ2v) is 8.89. The first kappa shape index (κ1) is 20.3. The van der Waals surface area contributed by atoms with Gasteiger partial charge in [0.25, 0.3) is 0 Å². The Labute approximate surface area is 121 Å². The molecule has 0 aliphatic heterocycles. The Bertz CT molecular complexity index is 366. The average Bonchev–Trinajstić information content (AvgIpc) is 2.27. The molecule has 0 amide bonds. The van der Waals surface area contributed by atoms with Crippen molar-refractivity contribution < 1.29 is 27.6 Å². The van der Waals surface area contributed by atoms with E-state index in [9.17, 15) is 14.0 Å². The molecule has 0 radical (unpaired) electrons. The van der Waals surface area contributed by atoms with Crippen LogP contribution < -0.4 is 0 Å². The molecule has 0 aromatic heterocycles. The Morgan fingerprint density at radius 1 is 1.10 bits per heavy atom. The zero-order chi connectivity index (χ0) is 16.0. The summed E-state index contributed by atoms with van der Waals surface area (Å²) in [6, 6.07) is 0. The van der Waals surface area contributed by atoms with E-state index in [1.54, 1.807) is 20.8 Å². The highest BCUT2D eigenvalue weighted by atomic mass is 31.2. The first-order valence-electron chi connectivity index (χ1n) is 6.70. The number of hydrogen-bond donors (Lipinski definition) is 1. The topological polar surface area (TPSA) is 85.3 Å². The van der Waals surface area contributed by atoms with Crippen molar-refractivity contribution in [3.8, 4) is 0 Å². The molecule has 0 bridgehead atoms. The second-order valence-electron chi connectivity index (χ2n) is 4.57. The van der Waals surface area contributed by atoms with E-state index < -0.39 is 26.8 Å². The minimum Gasteiger partial charge on any atom is -0.323 e. The zero-order valence-corrected chi connectivity index (χ0v) is 14.9. The van der Waals surface area contributed by atoms with Gasteiger partial charge in [0.15, 0.2) is 0 Å². The van der Waals surface area contributed by atoms with Gasteiger partial charge >= 0.3 is 15.2 Å². The van der Waals surface area contributed by atoms with Gasteiger partial charge in [-0.1, -0.05) is 6.92 Å². The maximum absolute atomic E-state index is 12.8. The highest BCUT2D eigenvalue weighted by Crippen LogP contribution is 2.68. The van der Waals surface area contributed by atoms with E-state index in [-0.39, 0.29) is 13.2 Å². The Morgan fingerprint density at radius 3 is 1.85 bits per heavy atom. The van der Waals surface area contributed by atoms with Gasteiger partial charge in [-0.25, -0.2) is 0 Å². The van der Waals surface area contributed by atoms with Crippen LogP contribution in [0.15, 0.2) is 0 Å². The molecule has 122 valence electrons. The summed E-state index contributed by atoms with van der Waals surface area (Å²) in [4.78, 5) is 11.6. The summed E-state index contributed by atoms with van der Waals surface area (Å²) in [5, 5.41) is 0. The van der Waals surface area contributed by atoms with Gasteiger partial charge < -0.3 is 18.5 Å². The van der Waals surface area contributed by atoms with Crippen molar-refractivity contribution in [2.24, 2.45) is 0 Å². The van der Waals surface area contributed by atoms with E-state index in [4.69, 9.17) is 13.6 Å². The highest BCUT2D eigenvalue weighted by Gasteiger charge is 2.51. The van der Waals surface area contributed by atoms with Crippen molar-refractivity contribution in [1.82, 2.24) is 4.90 Å². The minimum atomic E-state index is -4.20. The van der Waals surface area contributed by atoms with E-state index in [0.29, 0.717) is 6.42 Å². The van der Waals surface area contributed by atoms with Gasteiger partial charge in [-0.3, -0.25) is 14.0 Å². The minimum absolute atomic E-state index is 0.116. The van der Waals surface area contributed by atoms with Crippen LogP contribution in [0.25, 0.3) is 0 Å². The molecule has 0 saturated heterocycles. The zero-order valence-electron chi connectivity index (χ0n) is 13.1. The van der Waals surface area contributed by atoms with Gasteiger partial charge in [-0.05, 0) is 41.3 Å². The summed E-state index contributed by atoms with van der Waals surface area (Å²) >= 11 is 0. The number of rotatable bonds is 10. The lowest BCUT2D eigenvalue weighted by Crippen LogP contribution is -2.31. The first-order chi connectivity index (χ1) is 9.14. The molecule has 0 heterocycles. The standard InChI is InChI=1S/C11H27NO6P2/c1-7-10(4)18-19(13,14)11(12(5)6)20(15,16-8-2)17-9-3/h10-11H,7-9H2,1-6H3,(H,13,14). The third-order valence-corrected chi connectivity index (χ3v) is 8.26. The summed E-state index contributed by atoms with van der Waals surface area (Å²) in [5.74, 6) is 0. The van der Waals surface area contributed by atoms with Crippen LogP contribution in [0.4, 0.5) is 0 Å². The van der Waals surface area contributed by atoms with Crippen LogP contribution >= 0.6 is 15.2 Å². The average molecular weight is 331 g/mol. The molecule has 0 aromatic carbocycles. The van der Waals surface area contributed by atoms with Crippen molar-refractivity contribution in [3.05, 3.63) is 0 Å². The molecule has 0 aliphatic rings. The summed E-state index contributed by atoms with van der Waals surface area (Å²) in [6.45, 7) is 7.05. The summed E-state index contributed by atoms with van der Waals surface area (Å²) in [6.07, 6.45) is 0.142. The smallest absolute Gasteiger partial charge is 0.323 e. The fraction of sp³-hybridized carbons (Fsp3) is 1.00. The molecule has 0 aliphatic carbocycles. The normalized spacial score (nSPS) is 18.8. The Balaban J connectivity index is 5.49. The molecule has 9 heteroatoms. The molecule has 0 spiro atoms. The van der Waals surface area contributed by atoms with Gasteiger partial charge in [0, 0.05) is 0 Å². The van der Waals surface area contributed by atoms with Gasteiger partial charge in [0.05, 0.1) is 19.3 Å². The van der Waals surface area contributed by atoms with Gasteiger partial charge in [0.1, 0.15) is 0 Å². The molecule has 0 aromatic rings. The van der Waals surface area contributed by atoms with Crippen molar-refractivity contribution in [2.45, 2.75) is 45.7 Å². The van der Waals surface area contributed by atoms with Gasteiger partial charge in [0.2, 0.25) is 5.52 Å². The Morgan fingerprint density at radius 2 is 1.55 bits per heavy atom. The van der Waals surface area contributed by atoms with Crippen molar-refractivity contribution in [1.29, 1.82) is 0 Å². The quantitative estimate of drug-likeness (QED) is 0.616. The van der Waals surface area contributed by atoms with Gasteiger partial charge in [-0.2, -0.15) is 0 Å². The van der Waals surface area contributed by atoms with Gasteiger partial charge in [-0.15, -0.1) is 0 Å². The van der Waals surface area contributed by atoms with Crippen LogP contribution in [-0.2, 0) is 22.7 Å². The second kappa shape index (κ2) is 8.64. The lowest BCUT2D eigenvalue weighted by atomic mass is 10.3. The maximum atomic E-state index is 12.8. The number of hydrogen-bond acceptors (Lipinski definition) is 6. The van der Waals surface area contributed by atoms with Crippen LogP contribution in [0.1, 0.15) is 34.1 Å². The molecule has 7 nitrogen and oxygen atoms in total. The predicted octanol–water partition coefficient (Wildman–Crippen LogP) is 3.10. The summed E-state index contributed by atoms with van der Waals surface area (Å²) in [5.41, 5.74) is -1.34. The van der Waals surface area contributed by atoms with E-state index in [2.05, 4.69) is 0 Å². The van der Waals surface area contributed by atoms with E-state index >= 15 is 0 Å². The van der Waals surface area contributed by atoms with E-state index in [1.165, 1.54) is 19.0 Å². The molecule has 0 fully saturated rings. The van der Waals surface area contributed by atoms with Crippen LogP contribution in [0.2, 0.25) is 0 Å². The third kappa shape index (κ3) is 5.57. The fourth-order valence-electron chi connectivity index (χ4n) is 1.67. The predicted molar refractivity (Wildman–Crippen MR) is 79.0 cm³/mol. The van der Waals surface area contributed by atoms with Crippen molar-refractivity contribution in [3.63, 3.8) is 0 Å². The Hall–Kier alpha value is 0.260. The lowest BCUT2D eigenvalue weighted by Gasteiger charge is -2.33. The molecule has 0 saturated carbocycles.